The molecule has 142 heavy (non-hydrogen) atoms. The molecule has 0 fully saturated rings. The number of aromatic nitrogens is 4. The molecule has 0 radical (unpaired) electrons. The molecule has 0 bridgehead atoms. The third-order valence-corrected chi connectivity index (χ3v) is 18.4. The molecule has 0 spiro atoms. The molecule has 14 rings (SSSR count). The predicted octanol–water partition coefficient (Wildman–Crippen LogP) is 22.9. The van der Waals surface area contributed by atoms with Crippen molar-refractivity contribution in [3.05, 3.63) is 370 Å². The fourth-order valence-electron chi connectivity index (χ4n) is 12.6. The summed E-state index contributed by atoms with van der Waals surface area (Å²) >= 11 is -2.25. The van der Waals surface area contributed by atoms with E-state index in [2.05, 4.69) is 86.5 Å². The van der Waals surface area contributed by atoms with Crippen molar-refractivity contribution >= 4 is 64.4 Å². The molecular formula is C105H108F4N10O16P3PtS3. The van der Waals surface area contributed by atoms with E-state index in [0.717, 1.165) is 110 Å². The van der Waals surface area contributed by atoms with Gasteiger partial charge in [-0.1, -0.05) is 51.0 Å². The zero-order chi connectivity index (χ0) is 104. The van der Waals surface area contributed by atoms with Crippen LogP contribution in [0.4, 0.5) is 17.6 Å². The van der Waals surface area contributed by atoms with Crippen LogP contribution >= 0.6 is 23.8 Å². The minimum atomic E-state index is -1.13. The van der Waals surface area contributed by atoms with E-state index in [9.17, 15) is 47.3 Å². The average Bonchev–Trinajstić information content (AvgIpc) is 0.649. The van der Waals surface area contributed by atoms with E-state index in [1.54, 1.807) is 127 Å². The SMILES string of the molecule is CCCc1cc(C#N)nc(-c2ccc(Oc3ccc(F)cc3)cc2)c1.CCCc1cc(C(N)=O)nc(-c2ccc(Oc3ccc(F)cc3)cc2)c1.COc1cc(C)ccc1CN(C)Cc1cc(C#N)nc(-c2ccc(Oc3ccc(F)cc3)cc2)c1.COc1cc(C)ccc1CNCc1cc(C#N)nc(-c2ccc(Oc3ccc(F)cc3)cc2)c1.CP(C)O.C[PH](C)=O.C[PH](C)=O.O=S=O.O=S=O.O=S=O.[PtH]. The van der Waals surface area contributed by atoms with E-state index < -0.39 is 64.4 Å². The van der Waals surface area contributed by atoms with Crippen LogP contribution in [-0.4, -0.2) is 122 Å². The van der Waals surface area contributed by atoms with Gasteiger partial charge in [-0.3, -0.25) is 9.69 Å². The molecule has 4 aromatic heterocycles. The molecule has 14 aromatic rings. The molecule has 10 aromatic carbocycles. The maximum absolute atomic E-state index is 13.1. The van der Waals surface area contributed by atoms with Crippen molar-refractivity contribution < 1.29 is 111 Å². The molecule has 4 N–H and O–H groups in total. The number of nitrogens with two attached hydrogens (primary N) is 1. The van der Waals surface area contributed by atoms with Crippen LogP contribution in [0, 0.1) is 71.1 Å². The van der Waals surface area contributed by atoms with E-state index in [1.165, 1.54) is 48.5 Å². The number of carbonyl (C=O) groups excluding carboxylic acids is 1. The van der Waals surface area contributed by atoms with Crippen LogP contribution in [0.25, 0.3) is 45.0 Å². The van der Waals surface area contributed by atoms with Gasteiger partial charge in [0.2, 0.25) is 0 Å². The number of primary amides is 1. The summed E-state index contributed by atoms with van der Waals surface area (Å²) in [6, 6.07) is 87.0. The topological polar surface area (TPSA) is 393 Å². The molecule has 0 unspecified atom stereocenters. The fourth-order valence-corrected chi connectivity index (χ4v) is 12.6. The number of hydrogen-bond donors (Lipinski definition) is 3. The van der Waals surface area contributed by atoms with Crippen LogP contribution in [0.2, 0.25) is 0 Å². The Bertz CT molecular complexity index is 6560. The molecule has 26 nitrogen and oxygen atoms in total. The van der Waals surface area contributed by atoms with Crippen LogP contribution < -0.4 is 39.5 Å². The number of carbonyl (C=O) groups is 1. The fraction of sp³-hybridized carbons (Fsp3) is 0.200. The first kappa shape index (κ1) is 120. The first-order valence-electron chi connectivity index (χ1n) is 43.1. The number of ether oxygens (including phenoxy) is 6. The third-order valence-electron chi connectivity index (χ3n) is 18.4. The van der Waals surface area contributed by atoms with Crippen LogP contribution in [0.3, 0.4) is 0 Å². The molecule has 0 atom stereocenters. The quantitative estimate of drug-likeness (QED) is 0.0318. The number of halogens is 4. The number of methoxy groups -OCH3 is 2. The molecule has 1 amide bonds. The summed E-state index contributed by atoms with van der Waals surface area (Å²) in [5, 5.41) is 31.6. The Balaban J connectivity index is 0.000000371. The van der Waals surface area contributed by atoms with Gasteiger partial charge < -0.3 is 53.5 Å². The summed E-state index contributed by atoms with van der Waals surface area (Å²) in [6.45, 7) is 21.2. The molecule has 0 aliphatic rings. The van der Waals surface area contributed by atoms with Gasteiger partial charge in [-0.05, 0) is 362 Å². The van der Waals surface area contributed by atoms with E-state index >= 15 is 0 Å². The van der Waals surface area contributed by atoms with Crippen molar-refractivity contribution in [3.63, 3.8) is 0 Å². The van der Waals surface area contributed by atoms with E-state index in [0.29, 0.717) is 106 Å². The first-order chi connectivity index (χ1) is 67.6. The number of benzene rings is 10. The maximum atomic E-state index is 13.1. The minimum absolute atomic E-state index is 0. The summed E-state index contributed by atoms with van der Waals surface area (Å²) in [5.41, 5.74) is 21.8. The van der Waals surface area contributed by atoms with Gasteiger partial charge >= 0.3 is 55.8 Å². The Labute approximate surface area is 852 Å². The summed E-state index contributed by atoms with van der Waals surface area (Å²) in [7, 11) is 2.51. The van der Waals surface area contributed by atoms with Gasteiger partial charge in [-0.2, -0.15) is 41.0 Å². The molecule has 37 heteroatoms. The Hall–Kier alpha value is -13.8. The van der Waals surface area contributed by atoms with Gasteiger partial charge in [-0.15, -0.1) is 0 Å². The number of amides is 1. The number of pyridine rings is 4. The monoisotopic (exact) mass is 2220 g/mol. The molecule has 4 heterocycles. The summed E-state index contributed by atoms with van der Waals surface area (Å²) in [6.07, 6.45) is 3.74. The van der Waals surface area contributed by atoms with Crippen molar-refractivity contribution in [2.45, 2.75) is 79.6 Å². The second-order valence-electron chi connectivity index (χ2n) is 30.8. The summed E-state index contributed by atoms with van der Waals surface area (Å²) < 4.78 is 155. The standard InChI is InChI=1S/C29H26FN3O2.C28H24FN3O2.C21H19FN2O2.C21H17FN2O.3C2H7OP.3O2S.Pt.H/c1-20-4-5-23(29(14-20)34-3)19-33(2)18-21-15-25(17-31)32-28(16-21)22-6-10-26(11-7-22)35-27-12-8-24(30)9-13-27;1-19-3-4-22(28(13-19)33-2)18-31-17-20-14-24(16-30)32-27(15-20)21-5-9-25(10-6-21)34-26-11-7-23(29)8-12-26;1-2-3-14-12-19(24-20(13-14)21(23)25)15-4-8-17(9-5-15)26-18-10-6-16(22)7-11-18;1-2-3-15-12-18(14-23)24-21(13-15)16-4-8-19(9-5-16)25-20-10-6-17(22)7-11-20;3*1-4(2)3;3*1-3-2;;/h4-16H,18-19H2,1-3H3;3-15,31H,17-18H2,1-2H3;4-13H,2-3H2,1H3,(H2,23,25);4-13H,2-3H2,1H3;2*4H,1-2H3;3H,1-2H3;;;;;. The van der Waals surface area contributed by atoms with Gasteiger partial charge in [0.15, 0.2) is 0 Å². The Kier molecular flexibility index (Phi) is 56.6. The van der Waals surface area contributed by atoms with Crippen LogP contribution in [-0.2, 0) is 104 Å². The zero-order valence-corrected chi connectivity index (χ0v) is 87.7. The van der Waals surface area contributed by atoms with Crippen LogP contribution in [0.15, 0.2) is 279 Å². The van der Waals surface area contributed by atoms with Gasteiger partial charge in [0.05, 0.1) is 52.6 Å². The Morgan fingerprint density at radius 1 is 0.408 bits per heavy atom. The number of nitrogens with zero attached hydrogens (tertiary/aromatic N) is 8. The van der Waals surface area contributed by atoms with Gasteiger partial charge in [0.25, 0.3) is 5.91 Å². The van der Waals surface area contributed by atoms with Crippen molar-refractivity contribution in [2.75, 3.05) is 61.3 Å². The van der Waals surface area contributed by atoms with Crippen molar-refractivity contribution in [2.24, 2.45) is 5.73 Å². The molecule has 745 valence electrons. The van der Waals surface area contributed by atoms with E-state index in [4.69, 9.17) is 64.3 Å². The predicted molar refractivity (Wildman–Crippen MR) is 547 cm³/mol. The van der Waals surface area contributed by atoms with Gasteiger partial charge in [0, 0.05) is 67.7 Å². The second kappa shape index (κ2) is 66.7. The van der Waals surface area contributed by atoms with Gasteiger partial charge in [-0.25, -0.2) is 37.5 Å². The van der Waals surface area contributed by atoms with E-state index in [1.807, 2.05) is 154 Å². The summed E-state index contributed by atoms with van der Waals surface area (Å²) in [5.74, 6) is 4.72. The van der Waals surface area contributed by atoms with Crippen LogP contribution in [0.5, 0.6) is 57.5 Å². The molecular weight excluding hydrogens is 2120 g/mol. The second-order valence-corrected chi connectivity index (χ2v) is 36.5. The number of rotatable bonds is 27. The van der Waals surface area contributed by atoms with Crippen molar-refractivity contribution in [3.8, 4) is 121 Å². The van der Waals surface area contributed by atoms with Gasteiger partial charge in [0.1, 0.15) is 122 Å². The summed E-state index contributed by atoms with van der Waals surface area (Å²) in [4.78, 5) is 39.5. The molecule has 0 aliphatic heterocycles. The first-order valence-corrected chi connectivity index (χ1v) is 52.1. The number of nitrogens with one attached hydrogen (secondary N) is 1. The van der Waals surface area contributed by atoms with Crippen LogP contribution in [0.1, 0.15) is 98.8 Å². The van der Waals surface area contributed by atoms with E-state index in [-0.39, 0.29) is 50.0 Å². The average molecular weight is 2230 g/mol. The zero-order valence-electron chi connectivity index (χ0n) is 80.0. The molecule has 0 saturated heterocycles. The number of aryl methyl sites for hydroxylation is 4. The Morgan fingerprint density at radius 3 is 0.951 bits per heavy atom. The van der Waals surface area contributed by atoms with Crippen molar-refractivity contribution in [1.29, 1.82) is 15.8 Å². The Morgan fingerprint density at radius 2 is 0.662 bits per heavy atom. The molecule has 0 saturated carbocycles. The third kappa shape index (κ3) is 46.5. The normalized spacial score (nSPS) is 9.91. The molecule has 0 aliphatic carbocycles. The number of hydrogen-bond acceptors (Lipinski definition) is 25. The number of nitriles is 3. The van der Waals surface area contributed by atoms with Crippen molar-refractivity contribution in [1.82, 2.24) is 30.2 Å².